The van der Waals surface area contributed by atoms with Crippen molar-refractivity contribution in [3.8, 4) is 5.88 Å². The third-order valence-corrected chi connectivity index (χ3v) is 3.15. The lowest BCUT2D eigenvalue weighted by Crippen LogP contribution is -2.36. The molecule has 0 atom stereocenters. The molecule has 6 nitrogen and oxygen atoms in total. The number of carboxylic acid groups (broad SMARTS) is 1. The average Bonchev–Trinajstić information content (AvgIpc) is 2.38. The maximum atomic E-state index is 10.9. The van der Waals surface area contributed by atoms with Crippen molar-refractivity contribution in [1.29, 1.82) is 0 Å². The van der Waals surface area contributed by atoms with Crippen LogP contribution >= 0.6 is 0 Å². The number of nitrogens with zero attached hydrogens (tertiary/aromatic N) is 3. The number of hydrogen-bond donors (Lipinski definition) is 1. The van der Waals surface area contributed by atoms with E-state index in [2.05, 4.69) is 14.9 Å². The van der Waals surface area contributed by atoms with Gasteiger partial charge in [0.1, 0.15) is 12.1 Å². The second-order valence-electron chi connectivity index (χ2n) is 4.98. The second kappa shape index (κ2) is 5.86. The maximum Gasteiger partial charge on any atom is 0.306 e. The Morgan fingerprint density at radius 2 is 2.11 bits per heavy atom. The number of ether oxygens (including phenoxy) is 1. The fourth-order valence-electron chi connectivity index (χ4n) is 2.16. The molecule has 1 aliphatic heterocycles. The van der Waals surface area contributed by atoms with E-state index in [9.17, 15) is 4.79 Å². The standard InChI is InChI=1S/C13H19N3O3/c1-9(2)19-12-7-11(14-8-15-12)16-5-3-10(4-6-16)13(17)18/h7-10H,3-6H2,1-2H3,(H,17,18). The molecule has 1 aromatic rings. The Bertz CT molecular complexity index is 443. The van der Waals surface area contributed by atoms with Crippen molar-refractivity contribution >= 4 is 11.8 Å². The summed E-state index contributed by atoms with van der Waals surface area (Å²) in [7, 11) is 0. The zero-order valence-electron chi connectivity index (χ0n) is 11.2. The molecule has 0 bridgehead atoms. The van der Waals surface area contributed by atoms with E-state index in [1.807, 2.05) is 13.8 Å². The molecular formula is C13H19N3O3. The normalized spacial score (nSPS) is 16.7. The van der Waals surface area contributed by atoms with E-state index in [0.29, 0.717) is 31.8 Å². The summed E-state index contributed by atoms with van der Waals surface area (Å²) >= 11 is 0. The van der Waals surface area contributed by atoms with Crippen LogP contribution in [0.3, 0.4) is 0 Å². The molecule has 1 N–H and O–H groups in total. The number of anilines is 1. The van der Waals surface area contributed by atoms with Crippen LogP contribution in [0, 0.1) is 5.92 Å². The Kier molecular flexibility index (Phi) is 4.19. The summed E-state index contributed by atoms with van der Waals surface area (Å²) in [5, 5.41) is 8.97. The summed E-state index contributed by atoms with van der Waals surface area (Å²) in [6, 6.07) is 1.81. The van der Waals surface area contributed by atoms with Crippen LogP contribution in [0.1, 0.15) is 26.7 Å². The van der Waals surface area contributed by atoms with E-state index < -0.39 is 5.97 Å². The van der Waals surface area contributed by atoms with Gasteiger partial charge in [-0.05, 0) is 26.7 Å². The lowest BCUT2D eigenvalue weighted by Gasteiger charge is -2.30. The smallest absolute Gasteiger partial charge is 0.306 e. The summed E-state index contributed by atoms with van der Waals surface area (Å²) in [6.07, 6.45) is 2.86. The zero-order chi connectivity index (χ0) is 13.8. The fourth-order valence-corrected chi connectivity index (χ4v) is 2.16. The molecule has 2 rings (SSSR count). The SMILES string of the molecule is CC(C)Oc1cc(N2CCC(C(=O)O)CC2)ncn1. The van der Waals surface area contributed by atoms with Gasteiger partial charge < -0.3 is 14.7 Å². The van der Waals surface area contributed by atoms with E-state index in [1.54, 1.807) is 6.07 Å². The fraction of sp³-hybridized carbons (Fsp3) is 0.615. The monoisotopic (exact) mass is 265 g/mol. The van der Waals surface area contributed by atoms with Crippen LogP contribution in [0.15, 0.2) is 12.4 Å². The van der Waals surface area contributed by atoms with Gasteiger partial charge in [0.25, 0.3) is 0 Å². The molecule has 6 heteroatoms. The molecule has 1 aliphatic rings. The number of carboxylic acids is 1. The zero-order valence-corrected chi connectivity index (χ0v) is 11.2. The molecule has 0 spiro atoms. The molecule has 0 amide bonds. The van der Waals surface area contributed by atoms with Gasteiger partial charge in [-0.2, -0.15) is 0 Å². The van der Waals surface area contributed by atoms with E-state index in [-0.39, 0.29) is 12.0 Å². The minimum atomic E-state index is -0.703. The van der Waals surface area contributed by atoms with Crippen molar-refractivity contribution in [3.05, 3.63) is 12.4 Å². The van der Waals surface area contributed by atoms with Gasteiger partial charge in [0, 0.05) is 19.2 Å². The number of aromatic nitrogens is 2. The van der Waals surface area contributed by atoms with Crippen molar-refractivity contribution < 1.29 is 14.6 Å². The first-order valence-electron chi connectivity index (χ1n) is 6.52. The van der Waals surface area contributed by atoms with Gasteiger partial charge in [-0.1, -0.05) is 0 Å². The van der Waals surface area contributed by atoms with Gasteiger partial charge in [0.05, 0.1) is 12.0 Å². The number of piperidine rings is 1. The van der Waals surface area contributed by atoms with Crippen LogP contribution < -0.4 is 9.64 Å². The first-order chi connectivity index (χ1) is 9.06. The van der Waals surface area contributed by atoms with Gasteiger partial charge in [-0.15, -0.1) is 0 Å². The van der Waals surface area contributed by atoms with Crippen LogP contribution in [0.2, 0.25) is 0 Å². The van der Waals surface area contributed by atoms with Gasteiger partial charge in [-0.25, -0.2) is 9.97 Å². The molecule has 0 aromatic carbocycles. The lowest BCUT2D eigenvalue weighted by molar-refractivity contribution is -0.142. The van der Waals surface area contributed by atoms with Crippen molar-refractivity contribution in [2.24, 2.45) is 5.92 Å². The largest absolute Gasteiger partial charge is 0.481 e. The Balaban J connectivity index is 2.01. The molecule has 1 saturated heterocycles. The van der Waals surface area contributed by atoms with E-state index in [0.717, 1.165) is 5.82 Å². The molecule has 0 radical (unpaired) electrons. The van der Waals surface area contributed by atoms with Crippen molar-refractivity contribution in [3.63, 3.8) is 0 Å². The third-order valence-electron chi connectivity index (χ3n) is 3.15. The van der Waals surface area contributed by atoms with Crippen molar-refractivity contribution in [1.82, 2.24) is 9.97 Å². The Hall–Kier alpha value is -1.85. The molecule has 0 aliphatic carbocycles. The lowest BCUT2D eigenvalue weighted by atomic mass is 9.97. The van der Waals surface area contributed by atoms with Crippen LogP contribution in [-0.2, 0) is 4.79 Å². The van der Waals surface area contributed by atoms with Crippen LogP contribution in [0.4, 0.5) is 5.82 Å². The van der Waals surface area contributed by atoms with Gasteiger partial charge in [0.15, 0.2) is 0 Å². The van der Waals surface area contributed by atoms with Gasteiger partial charge >= 0.3 is 5.97 Å². The summed E-state index contributed by atoms with van der Waals surface area (Å²) in [4.78, 5) is 21.3. The Morgan fingerprint density at radius 3 is 2.68 bits per heavy atom. The second-order valence-corrected chi connectivity index (χ2v) is 4.98. The highest BCUT2D eigenvalue weighted by molar-refractivity contribution is 5.70. The number of hydrogen-bond acceptors (Lipinski definition) is 5. The predicted octanol–water partition coefficient (Wildman–Crippen LogP) is 1.56. The molecule has 1 fully saturated rings. The van der Waals surface area contributed by atoms with Gasteiger partial charge in [0.2, 0.25) is 5.88 Å². The highest BCUT2D eigenvalue weighted by Crippen LogP contribution is 2.23. The number of rotatable bonds is 4. The van der Waals surface area contributed by atoms with E-state index >= 15 is 0 Å². The summed E-state index contributed by atoms with van der Waals surface area (Å²) in [6.45, 7) is 5.30. The topological polar surface area (TPSA) is 75.5 Å². The highest BCUT2D eigenvalue weighted by Gasteiger charge is 2.25. The molecule has 19 heavy (non-hydrogen) atoms. The van der Waals surface area contributed by atoms with Crippen LogP contribution in [-0.4, -0.2) is 40.2 Å². The molecule has 2 heterocycles. The predicted molar refractivity (Wildman–Crippen MR) is 70.4 cm³/mol. The Morgan fingerprint density at radius 1 is 1.42 bits per heavy atom. The minimum absolute atomic E-state index is 0.0699. The van der Waals surface area contributed by atoms with E-state index in [1.165, 1.54) is 6.33 Å². The van der Waals surface area contributed by atoms with Crippen molar-refractivity contribution in [2.45, 2.75) is 32.8 Å². The molecule has 0 saturated carbocycles. The third kappa shape index (κ3) is 3.56. The van der Waals surface area contributed by atoms with Crippen LogP contribution in [0.25, 0.3) is 0 Å². The summed E-state index contributed by atoms with van der Waals surface area (Å²) < 4.78 is 5.53. The first kappa shape index (κ1) is 13.6. The Labute approximate surface area is 112 Å². The average molecular weight is 265 g/mol. The van der Waals surface area contributed by atoms with Crippen molar-refractivity contribution in [2.75, 3.05) is 18.0 Å². The summed E-state index contributed by atoms with van der Waals surface area (Å²) in [5.74, 6) is 0.422. The maximum absolute atomic E-state index is 10.9. The number of carbonyl (C=O) groups is 1. The molecule has 104 valence electrons. The molecular weight excluding hydrogens is 246 g/mol. The molecule has 1 aromatic heterocycles. The quantitative estimate of drug-likeness (QED) is 0.890. The highest BCUT2D eigenvalue weighted by atomic mass is 16.5. The first-order valence-corrected chi connectivity index (χ1v) is 6.52. The van der Waals surface area contributed by atoms with Crippen LogP contribution in [0.5, 0.6) is 5.88 Å². The summed E-state index contributed by atoms with van der Waals surface area (Å²) in [5.41, 5.74) is 0. The molecule has 0 unspecified atom stereocenters. The van der Waals surface area contributed by atoms with E-state index in [4.69, 9.17) is 9.84 Å². The minimum Gasteiger partial charge on any atom is -0.481 e. The number of aliphatic carboxylic acids is 1. The van der Waals surface area contributed by atoms with Gasteiger partial charge in [-0.3, -0.25) is 4.79 Å².